The van der Waals surface area contributed by atoms with Crippen LogP contribution in [-0.4, -0.2) is 0 Å². The molecule has 0 aliphatic carbocycles. The summed E-state index contributed by atoms with van der Waals surface area (Å²) in [6.45, 7) is 9.17. The maximum absolute atomic E-state index is 13.8. The molecule has 0 aromatic heterocycles. The molecule has 0 N–H and O–H groups in total. The largest absolute Gasteiger partial charge is 0.275 e. The van der Waals surface area contributed by atoms with Crippen molar-refractivity contribution in [1.29, 1.82) is 0 Å². The van der Waals surface area contributed by atoms with E-state index in [1.165, 1.54) is 6.07 Å². The summed E-state index contributed by atoms with van der Waals surface area (Å²) in [4.78, 5) is 0. The van der Waals surface area contributed by atoms with E-state index in [-0.39, 0.29) is 11.0 Å². The van der Waals surface area contributed by atoms with E-state index in [0.29, 0.717) is 0 Å². The first-order chi connectivity index (χ1) is 7.15. The van der Waals surface area contributed by atoms with Gasteiger partial charge in [0.05, 0.1) is 0 Å². The van der Waals surface area contributed by atoms with E-state index in [9.17, 15) is 8.78 Å². The van der Waals surface area contributed by atoms with Crippen molar-refractivity contribution in [2.75, 3.05) is 0 Å². The van der Waals surface area contributed by atoms with E-state index < -0.39 is 11.8 Å². The summed E-state index contributed by atoms with van der Waals surface area (Å²) < 4.78 is 27.7. The third kappa shape index (κ3) is 2.60. The van der Waals surface area contributed by atoms with Gasteiger partial charge in [-0.15, -0.1) is 0 Å². The predicted octanol–water partition coefficient (Wildman–Crippen LogP) is 4.73. The fraction of sp³-hybridized carbons (Fsp3) is 0.571. The second-order valence-corrected chi connectivity index (χ2v) is 5.61. The van der Waals surface area contributed by atoms with Gasteiger partial charge in [-0.05, 0) is 17.0 Å². The Morgan fingerprint density at radius 2 is 1.50 bits per heavy atom. The molecule has 0 amide bonds. The first-order valence-corrected chi connectivity index (χ1v) is 5.64. The summed E-state index contributed by atoms with van der Waals surface area (Å²) in [6, 6.07) is 6.75. The maximum atomic E-state index is 13.8. The molecule has 0 saturated heterocycles. The molecule has 0 nitrogen and oxygen atoms in total. The summed E-state index contributed by atoms with van der Waals surface area (Å²) in [5.41, 5.74) is 0.975. The molecule has 0 unspecified atom stereocenters. The van der Waals surface area contributed by atoms with Crippen LogP contribution < -0.4 is 0 Å². The normalized spacial score (nSPS) is 13.2. The van der Waals surface area contributed by atoms with Crippen LogP contribution in [0, 0.1) is 5.92 Å². The Kier molecular flexibility index (Phi) is 3.41. The third-order valence-electron chi connectivity index (χ3n) is 2.84. The van der Waals surface area contributed by atoms with Crippen molar-refractivity contribution in [2.24, 2.45) is 5.92 Å². The molecule has 1 aromatic rings. The van der Waals surface area contributed by atoms with Gasteiger partial charge < -0.3 is 0 Å². The van der Waals surface area contributed by atoms with Gasteiger partial charge in [-0.1, -0.05) is 52.8 Å². The van der Waals surface area contributed by atoms with Crippen LogP contribution in [0.15, 0.2) is 24.3 Å². The minimum absolute atomic E-state index is 0.0942. The molecular weight excluding hydrogens is 206 g/mol. The second-order valence-electron chi connectivity index (χ2n) is 5.61. The number of rotatable bonds is 2. The zero-order valence-corrected chi connectivity index (χ0v) is 10.6. The summed E-state index contributed by atoms with van der Waals surface area (Å²) >= 11 is 0. The van der Waals surface area contributed by atoms with Gasteiger partial charge in [0.1, 0.15) is 0 Å². The lowest BCUT2D eigenvalue weighted by Gasteiger charge is -2.24. The number of benzene rings is 1. The Morgan fingerprint density at radius 3 is 1.94 bits per heavy atom. The summed E-state index contributed by atoms with van der Waals surface area (Å²) in [6.07, 6.45) is 0. The number of hydrogen-bond donors (Lipinski definition) is 0. The maximum Gasteiger partial charge on any atom is 0.275 e. The second kappa shape index (κ2) is 4.15. The van der Waals surface area contributed by atoms with Gasteiger partial charge in [0.2, 0.25) is 0 Å². The van der Waals surface area contributed by atoms with Crippen molar-refractivity contribution in [3.63, 3.8) is 0 Å². The van der Waals surface area contributed by atoms with Crippen LogP contribution in [0.5, 0.6) is 0 Å². The predicted molar refractivity (Wildman–Crippen MR) is 63.9 cm³/mol. The molecule has 90 valence electrons. The van der Waals surface area contributed by atoms with E-state index in [0.717, 1.165) is 5.56 Å². The molecule has 0 radical (unpaired) electrons. The average molecular weight is 226 g/mol. The molecular formula is C14H20F2. The highest BCUT2D eigenvalue weighted by Gasteiger charge is 2.35. The smallest absolute Gasteiger partial charge is 0.201 e. The lowest BCUT2D eigenvalue weighted by atomic mass is 9.84. The standard InChI is InChI=1S/C14H20F2/c1-10(2)14(15,16)12-8-6-7-11(9-12)13(3,4)5/h6-10H,1-5H3. The highest BCUT2D eigenvalue weighted by molar-refractivity contribution is 5.31. The lowest BCUT2D eigenvalue weighted by Crippen LogP contribution is -2.22. The molecule has 0 heterocycles. The number of alkyl halides is 2. The van der Waals surface area contributed by atoms with Crippen LogP contribution in [-0.2, 0) is 11.3 Å². The zero-order chi connectivity index (χ0) is 12.6. The van der Waals surface area contributed by atoms with Crippen molar-refractivity contribution in [2.45, 2.75) is 46.0 Å². The molecule has 16 heavy (non-hydrogen) atoms. The van der Waals surface area contributed by atoms with Crippen molar-refractivity contribution >= 4 is 0 Å². The van der Waals surface area contributed by atoms with E-state index in [4.69, 9.17) is 0 Å². The molecule has 2 heteroatoms. The zero-order valence-electron chi connectivity index (χ0n) is 10.6. The van der Waals surface area contributed by atoms with Crippen molar-refractivity contribution in [3.05, 3.63) is 35.4 Å². The van der Waals surface area contributed by atoms with Crippen LogP contribution >= 0.6 is 0 Å². The average Bonchev–Trinajstić information content (AvgIpc) is 2.16. The van der Waals surface area contributed by atoms with Gasteiger partial charge >= 0.3 is 0 Å². The monoisotopic (exact) mass is 226 g/mol. The van der Waals surface area contributed by atoms with Gasteiger partial charge in [-0.3, -0.25) is 0 Å². The molecule has 0 spiro atoms. The van der Waals surface area contributed by atoms with Crippen molar-refractivity contribution in [3.8, 4) is 0 Å². The molecule has 0 bridgehead atoms. The number of halogens is 2. The van der Waals surface area contributed by atoms with E-state index in [2.05, 4.69) is 0 Å². The van der Waals surface area contributed by atoms with E-state index in [1.54, 1.807) is 26.0 Å². The van der Waals surface area contributed by atoms with Crippen LogP contribution in [0.3, 0.4) is 0 Å². The van der Waals surface area contributed by atoms with Gasteiger partial charge in [0.15, 0.2) is 0 Å². The lowest BCUT2D eigenvalue weighted by molar-refractivity contribution is -0.0514. The molecule has 0 aliphatic heterocycles. The van der Waals surface area contributed by atoms with Gasteiger partial charge in [-0.25, -0.2) is 8.78 Å². The van der Waals surface area contributed by atoms with E-state index >= 15 is 0 Å². The van der Waals surface area contributed by atoms with Gasteiger partial charge in [0, 0.05) is 11.5 Å². The van der Waals surface area contributed by atoms with Crippen LogP contribution in [0.1, 0.15) is 45.7 Å². The molecule has 0 atom stereocenters. The first kappa shape index (κ1) is 13.1. The van der Waals surface area contributed by atoms with E-state index in [1.807, 2.05) is 26.8 Å². The first-order valence-electron chi connectivity index (χ1n) is 5.64. The Bertz CT molecular complexity index is 359. The molecule has 0 aliphatic rings. The number of hydrogen-bond acceptors (Lipinski definition) is 0. The highest BCUT2D eigenvalue weighted by atomic mass is 19.3. The fourth-order valence-corrected chi connectivity index (χ4v) is 1.53. The Morgan fingerprint density at radius 1 is 1.00 bits per heavy atom. The summed E-state index contributed by atoms with van der Waals surface area (Å²) in [5.74, 6) is -3.43. The minimum Gasteiger partial charge on any atom is -0.201 e. The molecule has 1 rings (SSSR count). The summed E-state index contributed by atoms with van der Waals surface area (Å²) in [5, 5.41) is 0. The Labute approximate surface area is 96.7 Å². The fourth-order valence-electron chi connectivity index (χ4n) is 1.53. The Hall–Kier alpha value is -0.920. The van der Waals surface area contributed by atoms with Crippen molar-refractivity contribution in [1.82, 2.24) is 0 Å². The van der Waals surface area contributed by atoms with Gasteiger partial charge in [0.25, 0.3) is 5.92 Å². The highest BCUT2D eigenvalue weighted by Crippen LogP contribution is 2.37. The third-order valence-corrected chi connectivity index (χ3v) is 2.84. The van der Waals surface area contributed by atoms with Crippen molar-refractivity contribution < 1.29 is 8.78 Å². The topological polar surface area (TPSA) is 0 Å². The van der Waals surface area contributed by atoms with Crippen LogP contribution in [0.25, 0.3) is 0 Å². The molecule has 1 aromatic carbocycles. The van der Waals surface area contributed by atoms with Crippen LogP contribution in [0.4, 0.5) is 8.78 Å². The van der Waals surface area contributed by atoms with Crippen LogP contribution in [0.2, 0.25) is 0 Å². The molecule has 0 fully saturated rings. The SMILES string of the molecule is CC(C)C(F)(F)c1cccc(C(C)(C)C)c1. The minimum atomic E-state index is -2.75. The summed E-state index contributed by atoms with van der Waals surface area (Å²) in [7, 11) is 0. The quantitative estimate of drug-likeness (QED) is 0.683. The Balaban J connectivity index is 3.18. The molecule has 0 saturated carbocycles. The van der Waals surface area contributed by atoms with Gasteiger partial charge in [-0.2, -0.15) is 0 Å².